The van der Waals surface area contributed by atoms with Crippen molar-refractivity contribution in [2.75, 3.05) is 5.32 Å². The minimum Gasteiger partial charge on any atom is -0.348 e. The van der Waals surface area contributed by atoms with Gasteiger partial charge in [-0.25, -0.2) is 9.97 Å². The Kier molecular flexibility index (Phi) is 4.49. The van der Waals surface area contributed by atoms with E-state index in [2.05, 4.69) is 15.3 Å². The molecule has 0 spiro atoms. The van der Waals surface area contributed by atoms with Crippen molar-refractivity contribution >= 4 is 5.95 Å². The van der Waals surface area contributed by atoms with Gasteiger partial charge in [0.05, 0.1) is 11.6 Å². The number of nitrogens with one attached hydrogen (secondary N) is 1. The number of alkyl halides is 6. The zero-order valence-corrected chi connectivity index (χ0v) is 11.7. The van der Waals surface area contributed by atoms with Crippen LogP contribution in [0.5, 0.6) is 0 Å². The van der Waals surface area contributed by atoms with Crippen LogP contribution in [0, 0.1) is 0 Å². The van der Waals surface area contributed by atoms with Crippen LogP contribution in [0.4, 0.5) is 32.3 Å². The van der Waals surface area contributed by atoms with Crippen molar-refractivity contribution in [1.82, 2.24) is 9.97 Å². The van der Waals surface area contributed by atoms with Crippen LogP contribution in [-0.2, 0) is 12.4 Å². The first-order valence-corrected chi connectivity index (χ1v) is 6.42. The molecule has 0 aliphatic rings. The van der Waals surface area contributed by atoms with Gasteiger partial charge < -0.3 is 5.32 Å². The van der Waals surface area contributed by atoms with Crippen LogP contribution in [0.2, 0.25) is 0 Å². The van der Waals surface area contributed by atoms with Gasteiger partial charge >= 0.3 is 12.4 Å². The van der Waals surface area contributed by atoms with E-state index < -0.39 is 35.6 Å². The first-order chi connectivity index (χ1) is 10.6. The van der Waals surface area contributed by atoms with Crippen molar-refractivity contribution in [2.45, 2.75) is 25.3 Å². The number of rotatable bonds is 3. The Hall–Kier alpha value is -2.32. The molecule has 1 aromatic heterocycles. The summed E-state index contributed by atoms with van der Waals surface area (Å²) in [7, 11) is 0. The highest BCUT2D eigenvalue weighted by atomic mass is 19.4. The van der Waals surface area contributed by atoms with E-state index in [-0.39, 0.29) is 5.56 Å². The van der Waals surface area contributed by atoms with E-state index >= 15 is 0 Å². The molecule has 1 unspecified atom stereocenters. The highest BCUT2D eigenvalue weighted by Crippen LogP contribution is 2.35. The third-order valence-corrected chi connectivity index (χ3v) is 3.02. The lowest BCUT2D eigenvalue weighted by molar-refractivity contribution is -0.141. The summed E-state index contributed by atoms with van der Waals surface area (Å²) in [6.07, 6.45) is -8.34. The van der Waals surface area contributed by atoms with Gasteiger partial charge in [-0.2, -0.15) is 26.3 Å². The second kappa shape index (κ2) is 6.05. The molecule has 9 heteroatoms. The van der Waals surface area contributed by atoms with Gasteiger partial charge in [0.1, 0.15) is 5.69 Å². The van der Waals surface area contributed by atoms with E-state index in [1.807, 2.05) is 0 Å². The molecule has 1 aromatic carbocycles. The number of aromatic nitrogens is 2. The Morgan fingerprint density at radius 1 is 0.957 bits per heavy atom. The first-order valence-electron chi connectivity index (χ1n) is 6.42. The number of hydrogen-bond donors (Lipinski definition) is 1. The summed E-state index contributed by atoms with van der Waals surface area (Å²) in [5, 5.41) is 2.46. The molecule has 0 radical (unpaired) electrons. The van der Waals surface area contributed by atoms with Gasteiger partial charge in [0, 0.05) is 6.20 Å². The Labute approximate surface area is 127 Å². The van der Waals surface area contributed by atoms with E-state index in [1.54, 1.807) is 0 Å². The molecular weight excluding hydrogens is 324 g/mol. The van der Waals surface area contributed by atoms with Gasteiger partial charge in [-0.3, -0.25) is 0 Å². The summed E-state index contributed by atoms with van der Waals surface area (Å²) in [5.74, 6) is -0.399. The minimum absolute atomic E-state index is 0.110. The summed E-state index contributed by atoms with van der Waals surface area (Å²) >= 11 is 0. The summed E-state index contributed by atoms with van der Waals surface area (Å²) < 4.78 is 76.6. The summed E-state index contributed by atoms with van der Waals surface area (Å²) in [6, 6.07) is 4.54. The third-order valence-electron chi connectivity index (χ3n) is 3.02. The highest BCUT2D eigenvalue weighted by molar-refractivity contribution is 5.38. The molecule has 23 heavy (non-hydrogen) atoms. The van der Waals surface area contributed by atoms with E-state index in [4.69, 9.17) is 0 Å². The van der Waals surface area contributed by atoms with Crippen molar-refractivity contribution in [3.8, 4) is 0 Å². The number of anilines is 1. The quantitative estimate of drug-likeness (QED) is 0.827. The van der Waals surface area contributed by atoms with Gasteiger partial charge in [-0.05, 0) is 24.6 Å². The predicted molar refractivity (Wildman–Crippen MR) is 70.5 cm³/mol. The average molecular weight is 335 g/mol. The molecule has 0 aliphatic carbocycles. The van der Waals surface area contributed by atoms with Gasteiger partial charge in [0.15, 0.2) is 0 Å². The lowest BCUT2D eigenvalue weighted by Crippen LogP contribution is -2.17. The Balaban J connectivity index is 2.29. The van der Waals surface area contributed by atoms with E-state index in [9.17, 15) is 26.3 Å². The van der Waals surface area contributed by atoms with Crippen molar-refractivity contribution in [2.24, 2.45) is 0 Å². The molecule has 0 fully saturated rings. The maximum Gasteiger partial charge on any atom is 0.433 e. The minimum atomic E-state index is -4.66. The molecule has 0 amide bonds. The zero-order chi connectivity index (χ0) is 17.3. The number of halogens is 6. The van der Waals surface area contributed by atoms with Gasteiger partial charge in [0.25, 0.3) is 0 Å². The molecule has 1 N–H and O–H groups in total. The van der Waals surface area contributed by atoms with Crippen LogP contribution in [0.15, 0.2) is 36.5 Å². The van der Waals surface area contributed by atoms with Crippen LogP contribution in [0.25, 0.3) is 0 Å². The second-order valence-corrected chi connectivity index (χ2v) is 4.71. The van der Waals surface area contributed by atoms with Crippen LogP contribution in [0.3, 0.4) is 0 Å². The lowest BCUT2D eigenvalue weighted by atomic mass is 10.0. The molecule has 124 valence electrons. The van der Waals surface area contributed by atoms with Crippen LogP contribution in [0.1, 0.15) is 29.8 Å². The predicted octanol–water partition coefficient (Wildman–Crippen LogP) is 4.69. The number of hydrogen-bond acceptors (Lipinski definition) is 3. The van der Waals surface area contributed by atoms with Gasteiger partial charge in [-0.1, -0.05) is 18.2 Å². The molecule has 2 aromatic rings. The molecule has 0 saturated heterocycles. The monoisotopic (exact) mass is 335 g/mol. The summed E-state index contributed by atoms with van der Waals surface area (Å²) in [4.78, 5) is 6.88. The third kappa shape index (κ3) is 4.11. The standard InChI is InChI=1S/C14H11F6N3/c1-8(9-4-2-3-5-10(9)13(15,16)17)22-12-21-7-6-11(23-12)14(18,19)20/h2-8H,1H3,(H,21,22,23). The highest BCUT2D eigenvalue weighted by Gasteiger charge is 2.35. The largest absolute Gasteiger partial charge is 0.433 e. The SMILES string of the molecule is CC(Nc1nccc(C(F)(F)F)n1)c1ccccc1C(F)(F)F. The molecule has 2 rings (SSSR count). The normalized spacial score (nSPS) is 13.7. The number of nitrogens with zero attached hydrogens (tertiary/aromatic N) is 2. The van der Waals surface area contributed by atoms with Crippen molar-refractivity contribution < 1.29 is 26.3 Å². The zero-order valence-electron chi connectivity index (χ0n) is 11.7. The van der Waals surface area contributed by atoms with Crippen molar-refractivity contribution in [3.05, 3.63) is 53.3 Å². The maximum absolute atomic E-state index is 13.0. The smallest absolute Gasteiger partial charge is 0.348 e. The molecule has 1 heterocycles. The average Bonchev–Trinajstić information content (AvgIpc) is 2.46. The summed E-state index contributed by atoms with van der Waals surface area (Å²) in [6.45, 7) is 1.38. The fourth-order valence-electron chi connectivity index (χ4n) is 1.99. The molecule has 0 bridgehead atoms. The van der Waals surface area contributed by atoms with Crippen LogP contribution < -0.4 is 5.32 Å². The van der Waals surface area contributed by atoms with Crippen LogP contribution >= 0.6 is 0 Å². The summed E-state index contributed by atoms with van der Waals surface area (Å²) in [5.41, 5.74) is -2.15. The van der Waals surface area contributed by atoms with Crippen molar-refractivity contribution in [1.29, 1.82) is 0 Å². The van der Waals surface area contributed by atoms with E-state index in [0.717, 1.165) is 12.3 Å². The van der Waals surface area contributed by atoms with E-state index in [0.29, 0.717) is 6.07 Å². The Morgan fingerprint density at radius 3 is 2.22 bits per heavy atom. The Morgan fingerprint density at radius 2 is 1.61 bits per heavy atom. The molecule has 3 nitrogen and oxygen atoms in total. The topological polar surface area (TPSA) is 37.8 Å². The lowest BCUT2D eigenvalue weighted by Gasteiger charge is -2.19. The first kappa shape index (κ1) is 17.0. The van der Waals surface area contributed by atoms with Gasteiger partial charge in [0.2, 0.25) is 5.95 Å². The fourth-order valence-corrected chi connectivity index (χ4v) is 1.99. The molecular formula is C14H11F6N3. The second-order valence-electron chi connectivity index (χ2n) is 4.71. The molecule has 1 atom stereocenters. The maximum atomic E-state index is 13.0. The fraction of sp³-hybridized carbons (Fsp3) is 0.286. The van der Waals surface area contributed by atoms with Gasteiger partial charge in [-0.15, -0.1) is 0 Å². The Bertz CT molecular complexity index is 681. The van der Waals surface area contributed by atoms with Crippen molar-refractivity contribution in [3.63, 3.8) is 0 Å². The number of benzene rings is 1. The molecule has 0 aliphatic heterocycles. The van der Waals surface area contributed by atoms with E-state index in [1.165, 1.54) is 25.1 Å². The molecule has 0 saturated carbocycles. The van der Waals surface area contributed by atoms with Crippen LogP contribution in [-0.4, -0.2) is 9.97 Å².